The van der Waals surface area contributed by atoms with E-state index >= 15 is 0 Å². The summed E-state index contributed by atoms with van der Waals surface area (Å²) in [6.45, 7) is 9.15. The van der Waals surface area contributed by atoms with E-state index in [1.54, 1.807) is 0 Å². The van der Waals surface area contributed by atoms with E-state index in [2.05, 4.69) is 104 Å². The molecule has 0 amide bonds. The topological polar surface area (TPSA) is 6.48 Å². The molecule has 2 aromatic carbocycles. The van der Waals surface area contributed by atoms with Crippen LogP contribution in [0.5, 0.6) is 0 Å². The lowest BCUT2D eigenvalue weighted by Gasteiger charge is -2.51. The van der Waals surface area contributed by atoms with Crippen molar-refractivity contribution in [2.75, 3.05) is 13.1 Å². The normalized spacial score (nSPS) is 18.4. The molecule has 0 saturated heterocycles. The van der Waals surface area contributed by atoms with Crippen LogP contribution in [0.25, 0.3) is 0 Å². The van der Waals surface area contributed by atoms with Crippen molar-refractivity contribution in [3.05, 3.63) is 84.2 Å². The molecule has 0 saturated carbocycles. The number of rotatable bonds is 17. The van der Waals surface area contributed by atoms with Gasteiger partial charge in [0.15, 0.2) is 0 Å². The van der Waals surface area contributed by atoms with Crippen molar-refractivity contribution in [2.24, 2.45) is 0 Å². The van der Waals surface area contributed by atoms with Crippen LogP contribution in [-0.2, 0) is 6.42 Å². The Bertz CT molecular complexity index is 831. The van der Waals surface area contributed by atoms with Gasteiger partial charge in [0.2, 0.25) is 0 Å². The second-order valence-electron chi connectivity index (χ2n) is 10.4. The summed E-state index contributed by atoms with van der Waals surface area (Å²) < 4.78 is 0. The van der Waals surface area contributed by atoms with Gasteiger partial charge in [-0.25, -0.2) is 0 Å². The Kier molecular flexibility index (Phi) is 11.7. The molecule has 2 aromatic rings. The summed E-state index contributed by atoms with van der Waals surface area (Å²) in [4.78, 5) is 5.33. The summed E-state index contributed by atoms with van der Waals surface area (Å²) in [7, 11) is 0. The fourth-order valence-corrected chi connectivity index (χ4v) is 6.14. The molecule has 2 atom stereocenters. The van der Waals surface area contributed by atoms with Crippen LogP contribution in [0.15, 0.2) is 73.1 Å². The quantitative estimate of drug-likeness (QED) is 0.211. The van der Waals surface area contributed by atoms with Crippen LogP contribution in [0.1, 0.15) is 108 Å². The lowest BCUT2D eigenvalue weighted by Crippen LogP contribution is -2.59. The maximum absolute atomic E-state index is 2.70. The molecule has 2 nitrogen and oxygen atoms in total. The summed E-state index contributed by atoms with van der Waals surface area (Å²) in [6.07, 6.45) is 20.8. The van der Waals surface area contributed by atoms with Crippen LogP contribution in [-0.4, -0.2) is 28.6 Å². The Morgan fingerprint density at radius 2 is 1.17 bits per heavy atom. The van der Waals surface area contributed by atoms with Crippen molar-refractivity contribution >= 4 is 0 Å². The summed E-state index contributed by atoms with van der Waals surface area (Å²) in [5.74, 6) is 0.446. The Morgan fingerprint density at radius 1 is 0.629 bits per heavy atom. The summed E-state index contributed by atoms with van der Waals surface area (Å²) in [5, 5.41) is 0. The third kappa shape index (κ3) is 7.38. The molecule has 0 fully saturated rings. The first-order valence-electron chi connectivity index (χ1n) is 14.6. The smallest absolute Gasteiger partial charge is 0.123 e. The Labute approximate surface area is 216 Å². The van der Waals surface area contributed by atoms with Gasteiger partial charge in [-0.15, -0.1) is 0 Å². The Morgan fingerprint density at radius 3 is 1.74 bits per heavy atom. The molecule has 1 aliphatic heterocycles. The number of unbranched alkanes of at least 4 members (excludes halogenated alkanes) is 9. The highest BCUT2D eigenvalue weighted by Gasteiger charge is 2.48. The standard InChI is InChI=1S/C33H50N2/c1-4-7-8-9-10-11-12-13-14-21-26-35-28-27-34(6-3)33(35,29-30-22-17-15-18-23-30)32(5-2)31-24-19-16-20-25-31/h15-20,22-25,27-28,32H,4-14,21,26,29H2,1-3H3. The van der Waals surface area contributed by atoms with Gasteiger partial charge in [-0.05, 0) is 30.9 Å². The molecule has 0 aliphatic carbocycles. The molecule has 0 aromatic heterocycles. The first-order valence-corrected chi connectivity index (χ1v) is 14.6. The second-order valence-corrected chi connectivity index (χ2v) is 10.4. The van der Waals surface area contributed by atoms with Gasteiger partial charge in [0.25, 0.3) is 0 Å². The zero-order valence-electron chi connectivity index (χ0n) is 22.8. The molecule has 2 unspecified atom stereocenters. The molecule has 192 valence electrons. The minimum atomic E-state index is -0.0501. The molecule has 0 spiro atoms. The third-order valence-corrected chi connectivity index (χ3v) is 7.99. The van der Waals surface area contributed by atoms with Crippen LogP contribution in [0, 0.1) is 0 Å². The number of benzene rings is 2. The van der Waals surface area contributed by atoms with Gasteiger partial charge in [-0.1, -0.05) is 132 Å². The van der Waals surface area contributed by atoms with E-state index in [0.29, 0.717) is 5.92 Å². The van der Waals surface area contributed by atoms with Gasteiger partial charge in [-0.3, -0.25) is 0 Å². The lowest BCUT2D eigenvalue weighted by atomic mass is 9.78. The minimum absolute atomic E-state index is 0.0501. The Balaban J connectivity index is 1.69. The number of likely N-dealkylation sites (N-methyl/N-ethyl adjacent to an activating group) is 1. The summed E-state index contributed by atoms with van der Waals surface area (Å²) >= 11 is 0. The van der Waals surface area contributed by atoms with Crippen LogP contribution in [0.3, 0.4) is 0 Å². The molecule has 1 heterocycles. The van der Waals surface area contributed by atoms with E-state index in [0.717, 1.165) is 25.9 Å². The SMILES string of the molecule is CCCCCCCCCCCCN1C=CN(CC)C1(Cc1ccccc1)C(CC)c1ccccc1. The molecule has 1 aliphatic rings. The van der Waals surface area contributed by atoms with Crippen LogP contribution >= 0.6 is 0 Å². The van der Waals surface area contributed by atoms with Gasteiger partial charge in [0.1, 0.15) is 5.66 Å². The highest BCUT2D eigenvalue weighted by molar-refractivity contribution is 5.30. The zero-order chi connectivity index (χ0) is 24.8. The minimum Gasteiger partial charge on any atom is -0.353 e. The van der Waals surface area contributed by atoms with E-state index in [1.807, 2.05) is 0 Å². The summed E-state index contributed by atoms with van der Waals surface area (Å²) in [5.41, 5.74) is 2.84. The molecule has 2 heteroatoms. The molecule has 0 bridgehead atoms. The van der Waals surface area contributed by atoms with Crippen LogP contribution < -0.4 is 0 Å². The van der Waals surface area contributed by atoms with Crippen LogP contribution in [0.4, 0.5) is 0 Å². The molecule has 35 heavy (non-hydrogen) atoms. The van der Waals surface area contributed by atoms with E-state index in [9.17, 15) is 0 Å². The third-order valence-electron chi connectivity index (χ3n) is 7.99. The fraction of sp³-hybridized carbons (Fsp3) is 0.576. The second kappa shape index (κ2) is 15.0. The molecular formula is C33H50N2. The number of hydrogen-bond donors (Lipinski definition) is 0. The first-order chi connectivity index (χ1) is 17.3. The van der Waals surface area contributed by atoms with Crippen molar-refractivity contribution in [1.29, 1.82) is 0 Å². The largest absolute Gasteiger partial charge is 0.353 e. The Hall–Kier alpha value is -2.22. The van der Waals surface area contributed by atoms with E-state index in [4.69, 9.17) is 0 Å². The first kappa shape index (κ1) is 27.4. The predicted molar refractivity (Wildman–Crippen MR) is 152 cm³/mol. The maximum atomic E-state index is 2.70. The fourth-order valence-electron chi connectivity index (χ4n) is 6.14. The van der Waals surface area contributed by atoms with Gasteiger partial charge in [0.05, 0.1) is 0 Å². The maximum Gasteiger partial charge on any atom is 0.123 e. The van der Waals surface area contributed by atoms with Gasteiger partial charge >= 0.3 is 0 Å². The zero-order valence-corrected chi connectivity index (χ0v) is 22.8. The van der Waals surface area contributed by atoms with Gasteiger partial charge in [0, 0.05) is 37.8 Å². The molecule has 3 rings (SSSR count). The van der Waals surface area contributed by atoms with E-state index < -0.39 is 0 Å². The monoisotopic (exact) mass is 474 g/mol. The van der Waals surface area contributed by atoms with Crippen LogP contribution in [0.2, 0.25) is 0 Å². The van der Waals surface area contributed by atoms with Crippen molar-refractivity contribution in [3.8, 4) is 0 Å². The lowest BCUT2D eigenvalue weighted by molar-refractivity contribution is -0.00000791. The average molecular weight is 475 g/mol. The highest BCUT2D eigenvalue weighted by atomic mass is 15.4. The summed E-state index contributed by atoms with van der Waals surface area (Å²) in [6, 6.07) is 22.4. The van der Waals surface area contributed by atoms with Crippen molar-refractivity contribution in [1.82, 2.24) is 9.80 Å². The van der Waals surface area contributed by atoms with E-state index in [-0.39, 0.29) is 5.66 Å². The molecular weight excluding hydrogens is 424 g/mol. The van der Waals surface area contributed by atoms with Gasteiger partial charge < -0.3 is 9.80 Å². The number of nitrogens with zero attached hydrogens (tertiary/aromatic N) is 2. The van der Waals surface area contributed by atoms with Crippen molar-refractivity contribution in [2.45, 2.75) is 109 Å². The molecule has 0 N–H and O–H groups in total. The predicted octanol–water partition coefficient (Wildman–Crippen LogP) is 9.15. The molecule has 0 radical (unpaired) electrons. The van der Waals surface area contributed by atoms with E-state index in [1.165, 1.54) is 75.3 Å². The van der Waals surface area contributed by atoms with Crippen molar-refractivity contribution in [3.63, 3.8) is 0 Å². The van der Waals surface area contributed by atoms with Crippen molar-refractivity contribution < 1.29 is 0 Å². The van der Waals surface area contributed by atoms with Gasteiger partial charge in [-0.2, -0.15) is 0 Å². The average Bonchev–Trinajstić information content (AvgIpc) is 3.24. The number of hydrogen-bond acceptors (Lipinski definition) is 2. The highest BCUT2D eigenvalue weighted by Crippen LogP contribution is 2.44.